The molecule has 0 fully saturated rings. The highest BCUT2D eigenvalue weighted by molar-refractivity contribution is 7.92. The molecule has 2 N–H and O–H groups in total. The average Bonchev–Trinajstić information content (AvgIpc) is 2.69. The van der Waals surface area contributed by atoms with Crippen molar-refractivity contribution >= 4 is 33.0 Å². The van der Waals surface area contributed by atoms with Crippen LogP contribution in [0.4, 0.5) is 21.5 Å². The van der Waals surface area contributed by atoms with Crippen LogP contribution in [0.2, 0.25) is 0 Å². The van der Waals surface area contributed by atoms with Crippen molar-refractivity contribution in [3.63, 3.8) is 0 Å². The number of rotatable bonds is 6. The summed E-state index contributed by atoms with van der Waals surface area (Å²) < 4.78 is 40.4. The normalized spacial score (nSPS) is 10.9. The Kier molecular flexibility index (Phi) is 5.55. The number of anilines is 2. The lowest BCUT2D eigenvalue weighted by atomic mass is 10.2. The number of hydrogen-bond donors (Lipinski definition) is 2. The van der Waals surface area contributed by atoms with Crippen molar-refractivity contribution in [1.29, 1.82) is 0 Å². The quantitative estimate of drug-likeness (QED) is 0.469. The number of para-hydroxylation sites is 2. The van der Waals surface area contributed by atoms with E-state index in [1.54, 1.807) is 12.1 Å². The van der Waals surface area contributed by atoms with E-state index in [0.29, 0.717) is 0 Å². The van der Waals surface area contributed by atoms with E-state index in [9.17, 15) is 27.7 Å². The Balaban J connectivity index is 1.85. The molecule has 0 aliphatic heterocycles. The third-order valence-corrected chi connectivity index (χ3v) is 5.24. The van der Waals surface area contributed by atoms with Crippen LogP contribution in [0.3, 0.4) is 0 Å². The molecule has 0 aromatic heterocycles. The Bertz CT molecular complexity index is 1180. The summed E-state index contributed by atoms with van der Waals surface area (Å²) in [6.07, 6.45) is 0. The monoisotopic (exact) mass is 415 g/mol. The minimum atomic E-state index is -4.03. The molecule has 0 aliphatic carbocycles. The van der Waals surface area contributed by atoms with Crippen molar-refractivity contribution in [1.82, 2.24) is 0 Å². The van der Waals surface area contributed by atoms with Crippen molar-refractivity contribution < 1.29 is 22.5 Å². The molecule has 0 bridgehead atoms. The molecular weight excluding hydrogens is 401 g/mol. The number of amides is 1. The number of nitro groups is 1. The summed E-state index contributed by atoms with van der Waals surface area (Å²) in [5.41, 5.74) is 0.0173. The maximum Gasteiger partial charge on any atom is 0.270 e. The number of carbonyl (C=O) groups excluding carboxylic acids is 1. The third kappa shape index (κ3) is 4.74. The van der Waals surface area contributed by atoms with Crippen LogP contribution in [0.25, 0.3) is 0 Å². The Morgan fingerprint density at radius 1 is 0.931 bits per heavy atom. The highest BCUT2D eigenvalue weighted by Gasteiger charge is 2.18. The lowest BCUT2D eigenvalue weighted by Crippen LogP contribution is -2.17. The molecule has 0 spiro atoms. The first kappa shape index (κ1) is 20.0. The number of carbonyl (C=O) groups is 1. The van der Waals surface area contributed by atoms with E-state index >= 15 is 0 Å². The van der Waals surface area contributed by atoms with Gasteiger partial charge in [0.15, 0.2) is 0 Å². The predicted molar refractivity (Wildman–Crippen MR) is 105 cm³/mol. The van der Waals surface area contributed by atoms with Crippen LogP contribution in [-0.2, 0) is 10.0 Å². The maximum atomic E-state index is 13.0. The van der Waals surface area contributed by atoms with Gasteiger partial charge in [0.25, 0.3) is 21.6 Å². The van der Waals surface area contributed by atoms with Gasteiger partial charge in [-0.3, -0.25) is 19.6 Å². The van der Waals surface area contributed by atoms with E-state index in [-0.39, 0.29) is 27.5 Å². The summed E-state index contributed by atoms with van der Waals surface area (Å²) in [7, 11) is -4.03. The van der Waals surface area contributed by atoms with Crippen molar-refractivity contribution in [3.8, 4) is 0 Å². The van der Waals surface area contributed by atoms with Crippen LogP contribution in [0.1, 0.15) is 10.4 Å². The van der Waals surface area contributed by atoms with Gasteiger partial charge in [-0.2, -0.15) is 0 Å². The number of non-ortho nitro benzene ring substituents is 1. The molecule has 0 heterocycles. The van der Waals surface area contributed by atoms with Crippen LogP contribution in [0.5, 0.6) is 0 Å². The van der Waals surface area contributed by atoms with E-state index in [0.717, 1.165) is 30.3 Å². The molecule has 1 amide bonds. The highest BCUT2D eigenvalue weighted by Crippen LogP contribution is 2.25. The van der Waals surface area contributed by atoms with Crippen LogP contribution in [-0.4, -0.2) is 19.2 Å². The number of sulfonamides is 1. The van der Waals surface area contributed by atoms with Gasteiger partial charge in [-0.05, 0) is 42.5 Å². The van der Waals surface area contributed by atoms with Gasteiger partial charge in [-0.1, -0.05) is 18.2 Å². The molecule has 3 aromatic rings. The first-order chi connectivity index (χ1) is 13.8. The fourth-order valence-electron chi connectivity index (χ4n) is 2.45. The fourth-order valence-corrected chi connectivity index (χ4v) is 3.53. The van der Waals surface area contributed by atoms with Crippen molar-refractivity contribution in [2.75, 3.05) is 10.0 Å². The third-order valence-electron chi connectivity index (χ3n) is 3.86. The van der Waals surface area contributed by atoms with E-state index in [4.69, 9.17) is 0 Å². The second kappa shape index (κ2) is 8.07. The minimum absolute atomic E-state index is 0.0374. The van der Waals surface area contributed by atoms with Gasteiger partial charge in [0, 0.05) is 17.7 Å². The zero-order valence-corrected chi connectivity index (χ0v) is 15.5. The molecule has 8 nitrogen and oxygen atoms in total. The number of nitrogens with zero attached hydrogens (tertiary/aromatic N) is 1. The summed E-state index contributed by atoms with van der Waals surface area (Å²) in [5, 5.41) is 13.4. The first-order valence-corrected chi connectivity index (χ1v) is 9.68. The number of nitro benzene ring substituents is 1. The van der Waals surface area contributed by atoms with Gasteiger partial charge >= 0.3 is 0 Å². The Morgan fingerprint density at radius 2 is 1.59 bits per heavy atom. The first-order valence-electron chi connectivity index (χ1n) is 8.19. The Hall–Kier alpha value is -3.79. The number of halogens is 1. The smallest absolute Gasteiger partial charge is 0.270 e. The van der Waals surface area contributed by atoms with Gasteiger partial charge in [0.05, 0.1) is 21.2 Å². The van der Waals surface area contributed by atoms with Gasteiger partial charge in [0.2, 0.25) is 0 Å². The molecular formula is C19H14FN3O5S. The second-order valence-corrected chi connectivity index (χ2v) is 7.55. The molecule has 0 saturated heterocycles. The Labute approximate surface area is 165 Å². The maximum absolute atomic E-state index is 13.0. The van der Waals surface area contributed by atoms with Crippen LogP contribution in [0, 0.1) is 15.9 Å². The molecule has 29 heavy (non-hydrogen) atoms. The largest absolute Gasteiger partial charge is 0.320 e. The molecule has 0 aliphatic rings. The molecule has 3 rings (SSSR count). The lowest BCUT2D eigenvalue weighted by Gasteiger charge is -2.13. The van der Waals surface area contributed by atoms with Gasteiger partial charge in [0.1, 0.15) is 5.82 Å². The van der Waals surface area contributed by atoms with E-state index in [1.807, 2.05) is 0 Å². The number of hydrogen-bond acceptors (Lipinski definition) is 5. The summed E-state index contributed by atoms with van der Waals surface area (Å²) in [6, 6.07) is 15.4. The summed E-state index contributed by atoms with van der Waals surface area (Å²) in [5.74, 6) is -1.23. The van der Waals surface area contributed by atoms with Crippen LogP contribution in [0.15, 0.2) is 77.7 Å². The number of benzene rings is 3. The minimum Gasteiger partial charge on any atom is -0.320 e. The molecule has 148 valence electrons. The molecule has 0 unspecified atom stereocenters. The van der Waals surface area contributed by atoms with E-state index in [2.05, 4.69) is 10.0 Å². The van der Waals surface area contributed by atoms with E-state index in [1.165, 1.54) is 30.3 Å². The number of nitrogens with one attached hydrogen (secondary N) is 2. The molecule has 10 heteroatoms. The van der Waals surface area contributed by atoms with E-state index < -0.39 is 26.7 Å². The van der Waals surface area contributed by atoms with Crippen molar-refractivity contribution in [3.05, 3.63) is 94.3 Å². The van der Waals surface area contributed by atoms with Crippen LogP contribution >= 0.6 is 0 Å². The fraction of sp³-hybridized carbons (Fsp3) is 0. The zero-order valence-electron chi connectivity index (χ0n) is 14.7. The molecule has 0 atom stereocenters. The second-order valence-electron chi connectivity index (χ2n) is 5.87. The van der Waals surface area contributed by atoms with Gasteiger partial charge in [-0.25, -0.2) is 12.8 Å². The van der Waals surface area contributed by atoms with Gasteiger partial charge in [-0.15, -0.1) is 0 Å². The topological polar surface area (TPSA) is 118 Å². The molecule has 0 saturated carbocycles. The standard InChI is InChI=1S/C19H14FN3O5S/c20-14-8-10-16(11-9-14)29(27,28)22-18-7-2-1-6-17(18)21-19(24)13-4-3-5-15(12-13)23(25)26/h1-12,22H,(H,21,24). The van der Waals surface area contributed by atoms with Crippen molar-refractivity contribution in [2.45, 2.75) is 4.90 Å². The summed E-state index contributed by atoms with van der Waals surface area (Å²) in [6.45, 7) is 0. The highest BCUT2D eigenvalue weighted by atomic mass is 32.2. The van der Waals surface area contributed by atoms with Crippen molar-refractivity contribution in [2.24, 2.45) is 0 Å². The predicted octanol–water partition coefficient (Wildman–Crippen LogP) is 3.79. The molecule has 3 aromatic carbocycles. The lowest BCUT2D eigenvalue weighted by molar-refractivity contribution is -0.384. The SMILES string of the molecule is O=C(Nc1ccccc1NS(=O)(=O)c1ccc(F)cc1)c1cccc([N+](=O)[O-])c1. The summed E-state index contributed by atoms with van der Waals surface area (Å²) in [4.78, 5) is 22.6. The van der Waals surface area contributed by atoms with Gasteiger partial charge < -0.3 is 5.32 Å². The van der Waals surface area contributed by atoms with Crippen LogP contribution < -0.4 is 10.0 Å². The molecule has 0 radical (unpaired) electrons. The zero-order chi connectivity index (χ0) is 21.0. The summed E-state index contributed by atoms with van der Waals surface area (Å²) >= 11 is 0. The average molecular weight is 415 g/mol. The Morgan fingerprint density at radius 3 is 2.24 bits per heavy atom.